The molecular weight excluding hydrogens is 281 g/mol. The summed E-state index contributed by atoms with van der Waals surface area (Å²) >= 11 is 0. The SMILES string of the molecule is [Au+].[CH2-]c1ccccc1. The molecule has 8 heavy (non-hydrogen) atoms. The molecule has 0 N–H and O–H groups in total. The molecule has 1 aromatic carbocycles. The van der Waals surface area contributed by atoms with Gasteiger partial charge >= 0.3 is 22.4 Å². The Bertz CT molecular complexity index is 134. The predicted molar refractivity (Wildman–Crippen MR) is 30.9 cm³/mol. The molecule has 1 rings (SSSR count). The van der Waals surface area contributed by atoms with Crippen molar-refractivity contribution in [1.29, 1.82) is 0 Å². The summed E-state index contributed by atoms with van der Waals surface area (Å²) in [6.07, 6.45) is 0. The van der Waals surface area contributed by atoms with E-state index in [2.05, 4.69) is 6.92 Å². The number of hydrogen-bond donors (Lipinski definition) is 0. The van der Waals surface area contributed by atoms with E-state index < -0.39 is 0 Å². The van der Waals surface area contributed by atoms with E-state index in [1.54, 1.807) is 0 Å². The molecule has 0 amide bonds. The molecule has 0 bridgehead atoms. The van der Waals surface area contributed by atoms with Crippen molar-refractivity contribution in [3.63, 3.8) is 0 Å². The predicted octanol–water partition coefficient (Wildman–Crippen LogP) is 1.87. The van der Waals surface area contributed by atoms with E-state index in [4.69, 9.17) is 0 Å². The summed E-state index contributed by atoms with van der Waals surface area (Å²) in [6.45, 7) is 3.72. The van der Waals surface area contributed by atoms with Crippen molar-refractivity contribution >= 4 is 0 Å². The first-order chi connectivity index (χ1) is 3.39. The average molecular weight is 288 g/mol. The van der Waals surface area contributed by atoms with Gasteiger partial charge in [-0.1, -0.05) is 6.07 Å². The Balaban J connectivity index is 0.000000490. The summed E-state index contributed by atoms with van der Waals surface area (Å²) in [5.41, 5.74) is 1.07. The third-order valence-corrected chi connectivity index (χ3v) is 0.843. The quantitative estimate of drug-likeness (QED) is 0.505. The van der Waals surface area contributed by atoms with Gasteiger partial charge in [0, 0.05) is 0 Å². The maximum Gasteiger partial charge on any atom is 1.00 e. The van der Waals surface area contributed by atoms with Crippen LogP contribution in [-0.4, -0.2) is 0 Å². The van der Waals surface area contributed by atoms with Crippen LogP contribution in [0.5, 0.6) is 0 Å². The summed E-state index contributed by atoms with van der Waals surface area (Å²) in [5.74, 6) is 0. The molecule has 0 saturated carbocycles. The van der Waals surface area contributed by atoms with E-state index in [9.17, 15) is 0 Å². The Morgan fingerprint density at radius 1 is 1.00 bits per heavy atom. The molecule has 1 heteroatoms. The minimum atomic E-state index is 0. The van der Waals surface area contributed by atoms with Crippen molar-refractivity contribution in [2.45, 2.75) is 0 Å². The van der Waals surface area contributed by atoms with Gasteiger partial charge in [-0.2, -0.15) is 24.6 Å². The topological polar surface area (TPSA) is 0 Å². The number of hydrogen-bond acceptors (Lipinski definition) is 0. The first-order valence-electron chi connectivity index (χ1n) is 2.26. The molecule has 0 unspecified atom stereocenters. The summed E-state index contributed by atoms with van der Waals surface area (Å²) in [6, 6.07) is 9.87. The first kappa shape index (κ1) is 7.83. The van der Waals surface area contributed by atoms with Crippen LogP contribution in [0.2, 0.25) is 0 Å². The van der Waals surface area contributed by atoms with Crippen molar-refractivity contribution in [3.8, 4) is 0 Å². The van der Waals surface area contributed by atoms with Crippen LogP contribution in [0.4, 0.5) is 0 Å². The third-order valence-electron chi connectivity index (χ3n) is 0.843. The van der Waals surface area contributed by atoms with Crippen molar-refractivity contribution < 1.29 is 22.4 Å². The summed E-state index contributed by atoms with van der Waals surface area (Å²) in [7, 11) is 0. The van der Waals surface area contributed by atoms with Crippen LogP contribution in [0.25, 0.3) is 0 Å². The molecule has 0 saturated heterocycles. The number of rotatable bonds is 0. The van der Waals surface area contributed by atoms with Gasteiger partial charge in [-0.05, 0) is 0 Å². The zero-order valence-corrected chi connectivity index (χ0v) is 6.56. The summed E-state index contributed by atoms with van der Waals surface area (Å²) < 4.78 is 0. The molecule has 0 aliphatic heterocycles. The fourth-order valence-corrected chi connectivity index (χ4v) is 0.478. The van der Waals surface area contributed by atoms with E-state index in [-0.39, 0.29) is 22.4 Å². The van der Waals surface area contributed by atoms with E-state index >= 15 is 0 Å². The molecule has 0 heterocycles. The van der Waals surface area contributed by atoms with Gasteiger partial charge in [-0.3, -0.25) is 0 Å². The third kappa shape index (κ3) is 2.22. The Hall–Kier alpha value is -0.170. The second-order valence-electron chi connectivity index (χ2n) is 1.49. The van der Waals surface area contributed by atoms with Gasteiger partial charge in [0.25, 0.3) is 0 Å². The molecule has 0 radical (unpaired) electrons. The van der Waals surface area contributed by atoms with Crippen molar-refractivity contribution in [2.24, 2.45) is 0 Å². The van der Waals surface area contributed by atoms with E-state index in [1.807, 2.05) is 30.3 Å². The molecule has 46 valence electrons. The normalized spacial score (nSPS) is 7.50. The second kappa shape index (κ2) is 3.79. The average Bonchev–Trinajstić information content (AvgIpc) is 1.69. The minimum absolute atomic E-state index is 0. The van der Waals surface area contributed by atoms with Gasteiger partial charge in [0.2, 0.25) is 0 Å². The standard InChI is InChI=1S/C7H7.Au/c1-7-5-3-2-4-6-7;/h2-6H,1H2;/q-1;+1. The molecular formula is C7H7Au. The largest absolute Gasteiger partial charge is 1.00 e. The summed E-state index contributed by atoms with van der Waals surface area (Å²) in [5, 5.41) is 0. The zero-order chi connectivity index (χ0) is 5.11. The van der Waals surface area contributed by atoms with Crippen LogP contribution in [0.1, 0.15) is 5.56 Å². The molecule has 0 aliphatic carbocycles. The van der Waals surface area contributed by atoms with Crippen LogP contribution in [0.15, 0.2) is 30.3 Å². The minimum Gasteiger partial charge on any atom is -0.199 e. The molecule has 0 aromatic heterocycles. The van der Waals surface area contributed by atoms with Crippen molar-refractivity contribution in [2.75, 3.05) is 0 Å². The van der Waals surface area contributed by atoms with E-state index in [0.29, 0.717) is 0 Å². The Morgan fingerprint density at radius 3 is 1.75 bits per heavy atom. The first-order valence-corrected chi connectivity index (χ1v) is 2.26. The monoisotopic (exact) mass is 288 g/mol. The maximum absolute atomic E-state index is 3.72. The van der Waals surface area contributed by atoms with Crippen LogP contribution < -0.4 is 0 Å². The molecule has 0 nitrogen and oxygen atoms in total. The van der Waals surface area contributed by atoms with Gasteiger partial charge in [0.05, 0.1) is 0 Å². The van der Waals surface area contributed by atoms with Gasteiger partial charge < -0.3 is 0 Å². The van der Waals surface area contributed by atoms with Crippen LogP contribution in [0.3, 0.4) is 0 Å². The maximum atomic E-state index is 3.72. The van der Waals surface area contributed by atoms with Gasteiger partial charge in [-0.25, -0.2) is 0 Å². The molecule has 0 fully saturated rings. The fraction of sp³-hybridized carbons (Fsp3) is 0. The van der Waals surface area contributed by atoms with Crippen LogP contribution in [-0.2, 0) is 22.4 Å². The summed E-state index contributed by atoms with van der Waals surface area (Å²) in [4.78, 5) is 0. The molecule has 0 spiro atoms. The smallest absolute Gasteiger partial charge is 0.199 e. The zero-order valence-electron chi connectivity index (χ0n) is 4.40. The Labute approximate surface area is 65.4 Å². The number of benzene rings is 1. The van der Waals surface area contributed by atoms with E-state index in [1.165, 1.54) is 0 Å². The molecule has 1 aromatic rings. The van der Waals surface area contributed by atoms with Crippen molar-refractivity contribution in [1.82, 2.24) is 0 Å². The van der Waals surface area contributed by atoms with Gasteiger partial charge in [0.1, 0.15) is 0 Å². The molecule has 0 aliphatic rings. The second-order valence-corrected chi connectivity index (χ2v) is 1.49. The van der Waals surface area contributed by atoms with Crippen molar-refractivity contribution in [3.05, 3.63) is 42.8 Å². The fourth-order valence-electron chi connectivity index (χ4n) is 0.478. The van der Waals surface area contributed by atoms with Gasteiger partial charge in [-0.15, -0.1) is 12.1 Å². The Morgan fingerprint density at radius 2 is 1.50 bits per heavy atom. The molecule has 0 atom stereocenters. The van der Waals surface area contributed by atoms with E-state index in [0.717, 1.165) is 5.56 Å². The van der Waals surface area contributed by atoms with Crippen LogP contribution >= 0.6 is 0 Å². The van der Waals surface area contributed by atoms with Gasteiger partial charge in [0.15, 0.2) is 0 Å². The van der Waals surface area contributed by atoms with Crippen LogP contribution in [0, 0.1) is 6.92 Å². The Kier molecular flexibility index (Phi) is 3.71.